The molecule has 0 aliphatic heterocycles. The first-order chi connectivity index (χ1) is 8.65. The molecule has 0 radical (unpaired) electrons. The fourth-order valence-corrected chi connectivity index (χ4v) is 0.919. The van der Waals surface area contributed by atoms with Gasteiger partial charge in [0.25, 0.3) is 6.47 Å². The van der Waals surface area contributed by atoms with E-state index in [4.69, 9.17) is 14.6 Å². The average molecular weight is 374 g/mol. The van der Waals surface area contributed by atoms with Crippen molar-refractivity contribution in [3.05, 3.63) is 29.8 Å². The van der Waals surface area contributed by atoms with Crippen molar-refractivity contribution in [2.45, 2.75) is 19.8 Å². The molecule has 0 amide bonds. The van der Waals surface area contributed by atoms with Crippen molar-refractivity contribution < 1.29 is 23.4 Å². The van der Waals surface area contributed by atoms with Crippen LogP contribution in [0.2, 0.25) is 0 Å². The summed E-state index contributed by atoms with van der Waals surface area (Å²) in [6, 6.07) is 3.31. The summed E-state index contributed by atoms with van der Waals surface area (Å²) in [6.07, 6.45) is 1.86. The second-order valence-corrected chi connectivity index (χ2v) is 2.88. The van der Waals surface area contributed by atoms with E-state index in [9.17, 15) is 8.78 Å². The molecule has 6 heteroatoms. The molecule has 1 N–H and O–H groups in total. The Labute approximate surface area is 119 Å². The third kappa shape index (κ3) is 10.2. The molecule has 0 bridgehead atoms. The van der Waals surface area contributed by atoms with Crippen molar-refractivity contribution in [2.24, 2.45) is 0 Å². The van der Waals surface area contributed by atoms with Crippen molar-refractivity contribution in [2.75, 3.05) is 11.5 Å². The highest BCUT2D eigenvalue weighted by atomic mass is 127. The molecule has 0 atom stereocenters. The van der Waals surface area contributed by atoms with Crippen LogP contribution in [-0.2, 0) is 4.79 Å². The second-order valence-electron chi connectivity index (χ2n) is 2.88. The van der Waals surface area contributed by atoms with E-state index in [2.05, 4.69) is 22.6 Å². The second kappa shape index (κ2) is 14.1. The summed E-state index contributed by atoms with van der Waals surface area (Å²) in [5, 5.41) is 6.89. The molecule has 1 aromatic carbocycles. The molecule has 0 saturated carbocycles. The van der Waals surface area contributed by atoms with Crippen LogP contribution in [0.3, 0.4) is 0 Å². The number of rotatable bonds is 4. The zero-order valence-electron chi connectivity index (χ0n) is 10.3. The van der Waals surface area contributed by atoms with Crippen LogP contribution in [-0.4, -0.2) is 23.1 Å². The largest absolute Gasteiger partial charge is 0.491 e. The van der Waals surface area contributed by atoms with Gasteiger partial charge in [-0.2, -0.15) is 0 Å². The molecule has 3 nitrogen and oxygen atoms in total. The van der Waals surface area contributed by atoms with Gasteiger partial charge >= 0.3 is 0 Å². The van der Waals surface area contributed by atoms with Crippen LogP contribution >= 0.6 is 22.6 Å². The Hall–Kier alpha value is -0.920. The van der Waals surface area contributed by atoms with Crippen LogP contribution < -0.4 is 4.74 Å². The lowest BCUT2D eigenvalue weighted by Gasteiger charge is -2.05. The van der Waals surface area contributed by atoms with E-state index < -0.39 is 11.6 Å². The van der Waals surface area contributed by atoms with Crippen LogP contribution in [0.5, 0.6) is 5.75 Å². The Balaban J connectivity index is 0. The number of carbonyl (C=O) groups is 1. The molecule has 0 fully saturated rings. The standard InChI is InChI=1S/C10H12F2O.CH3I.CH2O2/c1-2-3-6-13-10-5-4-8(11)7-9(10)12;1-2;2-1-3/h4-5,7H,2-3,6H2,1H3;1H3;1H,(H,2,3). The molecular formula is C12H17F2IO3. The number of unbranched alkanes of at least 4 members (excludes halogenated alkanes) is 1. The maximum absolute atomic E-state index is 12.9. The van der Waals surface area contributed by atoms with Crippen LogP contribution in [0.4, 0.5) is 8.78 Å². The minimum absolute atomic E-state index is 0.120. The van der Waals surface area contributed by atoms with Crippen molar-refractivity contribution in [1.82, 2.24) is 0 Å². The van der Waals surface area contributed by atoms with Crippen LogP contribution in [0.1, 0.15) is 19.8 Å². The summed E-state index contributed by atoms with van der Waals surface area (Å²) >= 11 is 2.15. The Bertz CT molecular complexity index is 322. The van der Waals surface area contributed by atoms with Gasteiger partial charge < -0.3 is 9.84 Å². The smallest absolute Gasteiger partial charge is 0.290 e. The minimum atomic E-state index is -0.642. The van der Waals surface area contributed by atoms with Gasteiger partial charge in [0.1, 0.15) is 5.82 Å². The molecule has 104 valence electrons. The molecule has 0 aromatic heterocycles. The fraction of sp³-hybridized carbons (Fsp3) is 0.417. The molecule has 0 aliphatic carbocycles. The number of alkyl halides is 1. The van der Waals surface area contributed by atoms with Crippen molar-refractivity contribution in [3.8, 4) is 5.75 Å². The van der Waals surface area contributed by atoms with E-state index in [1.807, 2.05) is 11.9 Å². The highest BCUT2D eigenvalue weighted by molar-refractivity contribution is 14.1. The fourth-order valence-electron chi connectivity index (χ4n) is 0.919. The molecule has 1 rings (SSSR count). The molecule has 0 unspecified atom stereocenters. The Kier molecular flexibility index (Phi) is 15.3. The normalized spacial score (nSPS) is 8.28. The van der Waals surface area contributed by atoms with Gasteiger partial charge in [-0.05, 0) is 23.5 Å². The predicted octanol–water partition coefficient (Wildman–Crippen LogP) is 3.90. The topological polar surface area (TPSA) is 46.5 Å². The van der Waals surface area contributed by atoms with Gasteiger partial charge in [0.2, 0.25) is 0 Å². The van der Waals surface area contributed by atoms with Gasteiger partial charge in [-0.15, -0.1) is 0 Å². The number of hydrogen-bond acceptors (Lipinski definition) is 2. The average Bonchev–Trinajstić information content (AvgIpc) is 2.36. The summed E-state index contributed by atoms with van der Waals surface area (Å²) in [5.41, 5.74) is 0. The summed E-state index contributed by atoms with van der Waals surface area (Å²) in [6.45, 7) is 2.24. The Morgan fingerprint density at radius 2 is 1.94 bits per heavy atom. The van der Waals surface area contributed by atoms with E-state index in [-0.39, 0.29) is 12.2 Å². The van der Waals surface area contributed by atoms with Crippen LogP contribution in [0.25, 0.3) is 0 Å². The first-order valence-electron chi connectivity index (χ1n) is 5.19. The maximum Gasteiger partial charge on any atom is 0.290 e. The Morgan fingerprint density at radius 1 is 1.39 bits per heavy atom. The molecule has 18 heavy (non-hydrogen) atoms. The number of ether oxygens (including phenoxy) is 1. The third-order valence-corrected chi connectivity index (χ3v) is 1.65. The van der Waals surface area contributed by atoms with Gasteiger partial charge in [0.15, 0.2) is 11.6 Å². The van der Waals surface area contributed by atoms with E-state index in [1.54, 1.807) is 0 Å². The summed E-state index contributed by atoms with van der Waals surface area (Å²) in [5.74, 6) is -1.11. The summed E-state index contributed by atoms with van der Waals surface area (Å²) in [7, 11) is 0. The SMILES string of the molecule is CCCCOc1ccc(F)cc1F.CI.O=CO. The molecule has 0 aliphatic rings. The van der Waals surface area contributed by atoms with Crippen LogP contribution in [0, 0.1) is 11.6 Å². The van der Waals surface area contributed by atoms with Crippen molar-refractivity contribution in [1.29, 1.82) is 0 Å². The highest BCUT2D eigenvalue weighted by Gasteiger charge is 2.03. The lowest BCUT2D eigenvalue weighted by molar-refractivity contribution is -0.122. The first kappa shape index (κ1) is 19.4. The van der Waals surface area contributed by atoms with Gasteiger partial charge in [0, 0.05) is 6.07 Å². The maximum atomic E-state index is 12.9. The third-order valence-electron chi connectivity index (χ3n) is 1.65. The summed E-state index contributed by atoms with van der Waals surface area (Å²) < 4.78 is 30.4. The lowest BCUT2D eigenvalue weighted by Crippen LogP contribution is -1.98. The zero-order valence-corrected chi connectivity index (χ0v) is 12.5. The zero-order chi connectivity index (χ0) is 14.4. The first-order valence-corrected chi connectivity index (χ1v) is 7.35. The van der Waals surface area contributed by atoms with E-state index in [1.165, 1.54) is 12.1 Å². The number of benzene rings is 1. The lowest BCUT2D eigenvalue weighted by atomic mass is 10.3. The molecule has 0 spiro atoms. The summed E-state index contributed by atoms with van der Waals surface area (Å²) in [4.78, 5) is 10.3. The minimum Gasteiger partial charge on any atom is -0.491 e. The van der Waals surface area contributed by atoms with Gasteiger partial charge in [-0.25, -0.2) is 8.78 Å². The van der Waals surface area contributed by atoms with E-state index in [0.717, 1.165) is 18.9 Å². The molecule has 0 heterocycles. The van der Waals surface area contributed by atoms with Gasteiger partial charge in [-0.3, -0.25) is 4.79 Å². The quantitative estimate of drug-likeness (QED) is 0.377. The van der Waals surface area contributed by atoms with E-state index in [0.29, 0.717) is 6.61 Å². The predicted molar refractivity (Wildman–Crippen MR) is 75.4 cm³/mol. The van der Waals surface area contributed by atoms with Gasteiger partial charge in [0.05, 0.1) is 6.61 Å². The number of halogens is 3. The number of hydrogen-bond donors (Lipinski definition) is 1. The molecular weight excluding hydrogens is 357 g/mol. The van der Waals surface area contributed by atoms with E-state index >= 15 is 0 Å². The van der Waals surface area contributed by atoms with Crippen molar-refractivity contribution >= 4 is 29.1 Å². The monoisotopic (exact) mass is 374 g/mol. The highest BCUT2D eigenvalue weighted by Crippen LogP contribution is 2.17. The molecule has 1 aromatic rings. The van der Waals surface area contributed by atoms with Crippen LogP contribution in [0.15, 0.2) is 18.2 Å². The van der Waals surface area contributed by atoms with Gasteiger partial charge in [-0.1, -0.05) is 35.9 Å². The number of carboxylic acid groups (broad SMARTS) is 1. The molecule has 0 saturated heterocycles. The van der Waals surface area contributed by atoms with Crippen molar-refractivity contribution in [3.63, 3.8) is 0 Å². The Morgan fingerprint density at radius 3 is 2.39 bits per heavy atom.